The van der Waals surface area contributed by atoms with Gasteiger partial charge in [0.05, 0.1) is 26.4 Å². The molecule has 0 aliphatic rings. The standard InChI is InChI=1S/C77H150O17P2/c1-6-9-12-15-18-21-24-32-37-41-46-51-56-61-75(80)88-67-73(94-77(82)63-58-53-48-43-38-34-31-29-27-26-28-30-33-35-39-44-49-54-59-70(4)5)69-92-96(85,86)90-65-71(78)64-89-95(83,84)91-68-72(66-87-74(79)60-55-50-45-40-23-20-17-14-11-8-3)93-76(81)62-57-52-47-42-36-25-22-19-16-13-10-7-2/h70-73,78H,6-69H2,1-5H3,(H,83,84)(H,85,86)/t71-,72+,73+/m0/s1. The van der Waals surface area contributed by atoms with Crippen LogP contribution >= 0.6 is 15.6 Å². The molecule has 0 radical (unpaired) electrons. The SMILES string of the molecule is CCCCCCCCCCCCCCCC(=O)OC[C@H](COP(=O)(O)OC[C@@H](O)COP(=O)(O)OC[C@@H](COC(=O)CCCCCCCCCCCC)OC(=O)CCCCCCCCCCCCCC)OC(=O)CCCCCCCCCCCCCCCCCCCCC(C)C. The van der Waals surface area contributed by atoms with Crippen LogP contribution < -0.4 is 0 Å². The van der Waals surface area contributed by atoms with Crippen molar-refractivity contribution in [1.29, 1.82) is 0 Å². The average molecular weight is 1410 g/mol. The number of ether oxygens (including phenoxy) is 4. The maximum Gasteiger partial charge on any atom is 0.472 e. The Balaban J connectivity index is 5.19. The number of esters is 4. The Morgan fingerprint density at radius 2 is 0.479 bits per heavy atom. The van der Waals surface area contributed by atoms with Gasteiger partial charge >= 0.3 is 39.5 Å². The van der Waals surface area contributed by atoms with Crippen LogP contribution in [0.25, 0.3) is 0 Å². The molecule has 0 aliphatic heterocycles. The van der Waals surface area contributed by atoms with E-state index >= 15 is 0 Å². The van der Waals surface area contributed by atoms with Crippen molar-refractivity contribution in [2.75, 3.05) is 39.6 Å². The number of phosphoric ester groups is 2. The average Bonchev–Trinajstić information content (AvgIpc) is 3.30. The number of carbonyl (C=O) groups is 4. The van der Waals surface area contributed by atoms with E-state index in [4.69, 9.17) is 37.0 Å². The minimum absolute atomic E-state index is 0.108. The van der Waals surface area contributed by atoms with E-state index in [1.165, 1.54) is 231 Å². The van der Waals surface area contributed by atoms with Crippen molar-refractivity contribution in [2.45, 2.75) is 425 Å². The Kier molecular flexibility index (Phi) is 68.7. The summed E-state index contributed by atoms with van der Waals surface area (Å²) in [6.07, 6.45) is 59.6. The van der Waals surface area contributed by atoms with Crippen molar-refractivity contribution in [3.63, 3.8) is 0 Å². The summed E-state index contributed by atoms with van der Waals surface area (Å²) < 4.78 is 68.5. The summed E-state index contributed by atoms with van der Waals surface area (Å²) in [6, 6.07) is 0. The van der Waals surface area contributed by atoms with Crippen molar-refractivity contribution < 1.29 is 80.2 Å². The van der Waals surface area contributed by atoms with Crippen LogP contribution in [-0.2, 0) is 65.4 Å². The van der Waals surface area contributed by atoms with Crippen molar-refractivity contribution in [1.82, 2.24) is 0 Å². The van der Waals surface area contributed by atoms with Gasteiger partial charge in [0.25, 0.3) is 0 Å². The lowest BCUT2D eigenvalue weighted by atomic mass is 10.0. The summed E-state index contributed by atoms with van der Waals surface area (Å²) in [5.41, 5.74) is 0. The molecule has 2 unspecified atom stereocenters. The van der Waals surface area contributed by atoms with E-state index < -0.39 is 97.5 Å². The Labute approximate surface area is 588 Å². The Morgan fingerprint density at radius 1 is 0.281 bits per heavy atom. The Bertz CT molecular complexity index is 1840. The molecule has 0 saturated carbocycles. The monoisotopic (exact) mass is 1410 g/mol. The van der Waals surface area contributed by atoms with E-state index in [2.05, 4.69) is 34.6 Å². The minimum atomic E-state index is -4.96. The summed E-state index contributed by atoms with van der Waals surface area (Å²) in [5.74, 6) is -1.29. The van der Waals surface area contributed by atoms with E-state index in [0.29, 0.717) is 25.7 Å². The van der Waals surface area contributed by atoms with Crippen molar-refractivity contribution in [2.24, 2.45) is 5.92 Å². The number of aliphatic hydroxyl groups is 1. The second kappa shape index (κ2) is 70.1. The highest BCUT2D eigenvalue weighted by Crippen LogP contribution is 2.45. The first-order chi connectivity index (χ1) is 46.5. The molecule has 0 amide bonds. The van der Waals surface area contributed by atoms with Crippen LogP contribution in [0.4, 0.5) is 0 Å². The fourth-order valence-corrected chi connectivity index (χ4v) is 13.5. The lowest BCUT2D eigenvalue weighted by Gasteiger charge is -2.21. The summed E-state index contributed by atoms with van der Waals surface area (Å²) in [4.78, 5) is 72.8. The van der Waals surface area contributed by atoms with Gasteiger partial charge in [-0.2, -0.15) is 0 Å². The number of aliphatic hydroxyl groups excluding tert-OH is 1. The molecule has 0 aromatic carbocycles. The highest BCUT2D eigenvalue weighted by atomic mass is 31.2. The summed E-state index contributed by atoms with van der Waals surface area (Å²) in [6.45, 7) is 7.33. The van der Waals surface area contributed by atoms with Gasteiger partial charge in [-0.05, 0) is 31.6 Å². The van der Waals surface area contributed by atoms with Crippen LogP contribution in [0, 0.1) is 5.92 Å². The van der Waals surface area contributed by atoms with Crippen molar-refractivity contribution in [3.05, 3.63) is 0 Å². The molecular weight excluding hydrogens is 1260 g/mol. The zero-order valence-corrected chi connectivity index (χ0v) is 64.3. The van der Waals surface area contributed by atoms with Gasteiger partial charge in [-0.3, -0.25) is 37.3 Å². The molecule has 0 heterocycles. The van der Waals surface area contributed by atoms with Crippen LogP contribution in [0.3, 0.4) is 0 Å². The molecule has 0 bridgehead atoms. The summed E-state index contributed by atoms with van der Waals surface area (Å²) in [5, 5.41) is 10.6. The number of hydrogen-bond donors (Lipinski definition) is 3. The van der Waals surface area contributed by atoms with E-state index in [1.807, 2.05) is 0 Å². The van der Waals surface area contributed by atoms with Crippen molar-refractivity contribution >= 4 is 39.5 Å². The molecule has 0 spiro atoms. The first kappa shape index (κ1) is 94.1. The molecule has 570 valence electrons. The van der Waals surface area contributed by atoms with Gasteiger partial charge in [0.2, 0.25) is 0 Å². The van der Waals surface area contributed by atoms with Gasteiger partial charge in [-0.15, -0.1) is 0 Å². The van der Waals surface area contributed by atoms with E-state index in [1.54, 1.807) is 0 Å². The summed E-state index contributed by atoms with van der Waals surface area (Å²) >= 11 is 0. The molecule has 19 heteroatoms. The molecule has 3 N–H and O–H groups in total. The molecule has 0 aromatic heterocycles. The fraction of sp³-hybridized carbons (Fsp3) is 0.948. The number of rotatable bonds is 77. The van der Waals surface area contributed by atoms with E-state index in [9.17, 15) is 43.2 Å². The minimum Gasteiger partial charge on any atom is -0.462 e. The Hall–Kier alpha value is -1.94. The molecule has 17 nitrogen and oxygen atoms in total. The van der Waals surface area contributed by atoms with Crippen LogP contribution in [0.15, 0.2) is 0 Å². The van der Waals surface area contributed by atoms with Crippen LogP contribution in [0.2, 0.25) is 0 Å². The van der Waals surface area contributed by atoms with Gasteiger partial charge in [-0.25, -0.2) is 9.13 Å². The van der Waals surface area contributed by atoms with Gasteiger partial charge in [-0.1, -0.05) is 356 Å². The predicted molar refractivity (Wildman–Crippen MR) is 391 cm³/mol. The molecule has 0 aromatic rings. The highest BCUT2D eigenvalue weighted by Gasteiger charge is 2.30. The summed E-state index contributed by atoms with van der Waals surface area (Å²) in [7, 11) is -9.91. The first-order valence-corrected chi connectivity index (χ1v) is 43.1. The molecular formula is C77H150O17P2. The van der Waals surface area contributed by atoms with Crippen LogP contribution in [0.5, 0.6) is 0 Å². The van der Waals surface area contributed by atoms with E-state index in [0.717, 1.165) is 95.8 Å². The fourth-order valence-electron chi connectivity index (χ4n) is 11.9. The highest BCUT2D eigenvalue weighted by molar-refractivity contribution is 7.47. The third kappa shape index (κ3) is 70.5. The normalized spacial score (nSPS) is 13.9. The van der Waals surface area contributed by atoms with Crippen LogP contribution in [-0.4, -0.2) is 96.7 Å². The molecule has 0 aliphatic carbocycles. The van der Waals surface area contributed by atoms with Crippen LogP contribution in [0.1, 0.15) is 407 Å². The molecule has 0 fully saturated rings. The molecule has 0 rings (SSSR count). The smallest absolute Gasteiger partial charge is 0.462 e. The number of hydrogen-bond acceptors (Lipinski definition) is 15. The zero-order valence-electron chi connectivity index (χ0n) is 62.5. The predicted octanol–water partition coefficient (Wildman–Crippen LogP) is 22.9. The van der Waals surface area contributed by atoms with Gasteiger partial charge in [0.15, 0.2) is 12.2 Å². The third-order valence-electron chi connectivity index (χ3n) is 18.0. The maximum atomic E-state index is 13.1. The molecule has 96 heavy (non-hydrogen) atoms. The second-order valence-electron chi connectivity index (χ2n) is 28.2. The van der Waals surface area contributed by atoms with Gasteiger partial charge in [0.1, 0.15) is 19.3 Å². The number of phosphoric acid groups is 2. The Morgan fingerprint density at radius 3 is 0.708 bits per heavy atom. The lowest BCUT2D eigenvalue weighted by molar-refractivity contribution is -0.161. The first-order valence-electron chi connectivity index (χ1n) is 40.1. The van der Waals surface area contributed by atoms with Crippen molar-refractivity contribution in [3.8, 4) is 0 Å². The second-order valence-corrected chi connectivity index (χ2v) is 31.1. The number of unbranched alkanes of at least 4 members (excludes halogenated alkanes) is 49. The van der Waals surface area contributed by atoms with Gasteiger partial charge < -0.3 is 33.8 Å². The molecule has 5 atom stereocenters. The lowest BCUT2D eigenvalue weighted by Crippen LogP contribution is -2.30. The largest absolute Gasteiger partial charge is 0.472 e. The quantitative estimate of drug-likeness (QED) is 0.0222. The molecule has 0 saturated heterocycles. The topological polar surface area (TPSA) is 237 Å². The van der Waals surface area contributed by atoms with E-state index in [-0.39, 0.29) is 25.7 Å². The zero-order chi connectivity index (χ0) is 70.5. The number of carbonyl (C=O) groups excluding carboxylic acids is 4. The third-order valence-corrected chi connectivity index (χ3v) is 19.9. The van der Waals surface area contributed by atoms with Gasteiger partial charge in [0, 0.05) is 25.7 Å². The maximum absolute atomic E-state index is 13.1.